The number of benzene rings is 2. The van der Waals surface area contributed by atoms with Gasteiger partial charge < -0.3 is 16.1 Å². The first-order valence-electron chi connectivity index (χ1n) is 12.0. The summed E-state index contributed by atoms with van der Waals surface area (Å²) in [6.45, 7) is 4.08. The molecule has 1 atom stereocenters. The van der Waals surface area contributed by atoms with Crippen molar-refractivity contribution in [1.82, 2.24) is 25.9 Å². The number of hydrogen-bond acceptors (Lipinski definition) is 8. The lowest BCUT2D eigenvalue weighted by atomic mass is 10.0. The number of fused-ring (bicyclic) bond motifs is 1. The highest BCUT2D eigenvalue weighted by Gasteiger charge is 2.26. The van der Waals surface area contributed by atoms with Crippen LogP contribution < -0.4 is 21.6 Å². The third-order valence-corrected chi connectivity index (χ3v) is 7.27. The Labute approximate surface area is 249 Å². The van der Waals surface area contributed by atoms with E-state index >= 15 is 0 Å². The van der Waals surface area contributed by atoms with Gasteiger partial charge in [0.2, 0.25) is 0 Å². The molecular weight excluding hydrogens is 597 g/mol. The summed E-state index contributed by atoms with van der Waals surface area (Å²) in [5.41, 5.74) is 9.99. The molecule has 1 aliphatic rings. The van der Waals surface area contributed by atoms with Crippen LogP contribution in [0, 0.1) is 17.1 Å². The average Bonchev–Trinajstić information content (AvgIpc) is 3.41. The highest BCUT2D eigenvalue weighted by atomic mass is 35.5. The quantitative estimate of drug-likeness (QED) is 0.156. The second kappa shape index (κ2) is 11.5. The monoisotopic (exact) mass is 616 g/mol. The molecule has 4 N–H and O–H groups in total. The fraction of sp³-hybridized carbons (Fsp3) is 0.148. The molecule has 0 aliphatic carbocycles. The zero-order valence-corrected chi connectivity index (χ0v) is 24.1. The minimum atomic E-state index is -0.552. The molecule has 2 aromatic heterocycles. The van der Waals surface area contributed by atoms with Crippen LogP contribution in [0.4, 0.5) is 21.5 Å². The van der Waals surface area contributed by atoms with Gasteiger partial charge in [0, 0.05) is 40.8 Å². The predicted octanol–water partition coefficient (Wildman–Crippen LogP) is 7.73. The van der Waals surface area contributed by atoms with Crippen LogP contribution in [0.2, 0.25) is 20.4 Å². The van der Waals surface area contributed by atoms with E-state index in [0.29, 0.717) is 38.6 Å². The summed E-state index contributed by atoms with van der Waals surface area (Å²) in [5, 5.41) is 19.7. The van der Waals surface area contributed by atoms with Gasteiger partial charge in [0.15, 0.2) is 0 Å². The molecule has 8 nitrogen and oxygen atoms in total. The van der Waals surface area contributed by atoms with E-state index in [1.807, 2.05) is 31.1 Å². The van der Waals surface area contributed by atoms with Gasteiger partial charge in [-0.15, -0.1) is 5.53 Å². The normalized spacial score (nSPS) is 13.7. The van der Waals surface area contributed by atoms with Crippen molar-refractivity contribution in [2.24, 2.45) is 0 Å². The number of nitriles is 1. The molecule has 2 aromatic carbocycles. The van der Waals surface area contributed by atoms with E-state index in [1.54, 1.807) is 18.2 Å². The SMILES string of the molecule is CC(C)N1C=C([C@@H](Nc2cc(Cl)c3ncc(C#N)c(Nc4ccc(F)c(Cl)c4)c3c2)c2ccc(Cl)nc2Cl)NN1. The lowest BCUT2D eigenvalue weighted by Crippen LogP contribution is -2.41. The highest BCUT2D eigenvalue weighted by molar-refractivity contribution is 6.36. The van der Waals surface area contributed by atoms with Crippen LogP contribution in [-0.4, -0.2) is 21.0 Å². The first kappa shape index (κ1) is 28.0. The van der Waals surface area contributed by atoms with E-state index in [-0.39, 0.29) is 26.9 Å². The molecule has 3 heterocycles. The Balaban J connectivity index is 1.61. The van der Waals surface area contributed by atoms with Crippen molar-refractivity contribution in [2.75, 3.05) is 10.6 Å². The molecule has 4 aromatic rings. The minimum Gasteiger partial charge on any atom is -0.373 e. The van der Waals surface area contributed by atoms with Gasteiger partial charge in [-0.3, -0.25) is 9.99 Å². The first-order valence-corrected chi connectivity index (χ1v) is 13.5. The molecule has 0 bridgehead atoms. The molecule has 0 spiro atoms. The summed E-state index contributed by atoms with van der Waals surface area (Å²) in [4.78, 5) is 8.61. The van der Waals surface area contributed by atoms with Crippen molar-refractivity contribution in [2.45, 2.75) is 25.9 Å². The van der Waals surface area contributed by atoms with Gasteiger partial charge in [0.1, 0.15) is 22.2 Å². The lowest BCUT2D eigenvalue weighted by Gasteiger charge is -2.23. The molecule has 0 amide bonds. The predicted molar refractivity (Wildman–Crippen MR) is 158 cm³/mol. The van der Waals surface area contributed by atoms with Gasteiger partial charge >= 0.3 is 0 Å². The van der Waals surface area contributed by atoms with Crippen molar-refractivity contribution in [3.8, 4) is 6.07 Å². The summed E-state index contributed by atoms with van der Waals surface area (Å²) >= 11 is 25.3. The van der Waals surface area contributed by atoms with Crippen molar-refractivity contribution < 1.29 is 4.39 Å². The molecule has 40 heavy (non-hydrogen) atoms. The number of pyridine rings is 2. The van der Waals surface area contributed by atoms with Crippen LogP contribution in [0.1, 0.15) is 31.0 Å². The summed E-state index contributed by atoms with van der Waals surface area (Å²) in [6.07, 6.45) is 3.35. The molecule has 1 aliphatic heterocycles. The lowest BCUT2D eigenvalue weighted by molar-refractivity contribution is 0.221. The first-order chi connectivity index (χ1) is 19.1. The Morgan fingerprint density at radius 1 is 1.02 bits per heavy atom. The number of aromatic nitrogens is 2. The smallest absolute Gasteiger partial charge is 0.141 e. The Bertz CT molecular complexity index is 1690. The number of rotatable bonds is 7. The molecule has 0 fully saturated rings. The average molecular weight is 618 g/mol. The topological polar surface area (TPSA) is 101 Å². The van der Waals surface area contributed by atoms with Gasteiger partial charge in [0.25, 0.3) is 0 Å². The highest BCUT2D eigenvalue weighted by Crippen LogP contribution is 2.38. The third kappa shape index (κ3) is 5.68. The summed E-state index contributed by atoms with van der Waals surface area (Å²) < 4.78 is 13.8. The maximum absolute atomic E-state index is 13.8. The summed E-state index contributed by atoms with van der Waals surface area (Å²) in [6, 6.07) is 13.0. The van der Waals surface area contributed by atoms with E-state index < -0.39 is 11.9 Å². The Morgan fingerprint density at radius 3 is 2.48 bits per heavy atom. The number of anilines is 3. The fourth-order valence-corrected chi connectivity index (χ4v) is 5.08. The zero-order chi connectivity index (χ0) is 28.6. The Hall–Kier alpha value is -3.52. The van der Waals surface area contributed by atoms with Crippen LogP contribution in [-0.2, 0) is 0 Å². The van der Waals surface area contributed by atoms with E-state index in [0.717, 1.165) is 5.70 Å². The van der Waals surface area contributed by atoms with Crippen LogP contribution >= 0.6 is 46.4 Å². The molecule has 204 valence electrons. The number of nitrogens with zero attached hydrogens (tertiary/aromatic N) is 4. The van der Waals surface area contributed by atoms with Crippen LogP contribution in [0.15, 0.2) is 60.6 Å². The van der Waals surface area contributed by atoms with Gasteiger partial charge in [-0.25, -0.2) is 9.37 Å². The van der Waals surface area contributed by atoms with Crippen molar-refractivity contribution in [1.29, 1.82) is 5.26 Å². The molecule has 0 saturated heterocycles. The third-order valence-electron chi connectivity index (χ3n) is 6.17. The van der Waals surface area contributed by atoms with Crippen molar-refractivity contribution in [3.05, 3.63) is 97.9 Å². The Morgan fingerprint density at radius 2 is 1.80 bits per heavy atom. The summed E-state index contributed by atoms with van der Waals surface area (Å²) in [5.74, 6) is -0.552. The number of nitrogens with one attached hydrogen (secondary N) is 4. The maximum atomic E-state index is 13.8. The molecule has 13 heteroatoms. The fourth-order valence-electron chi connectivity index (χ4n) is 4.18. The van der Waals surface area contributed by atoms with Crippen molar-refractivity contribution >= 4 is 74.4 Å². The van der Waals surface area contributed by atoms with Gasteiger partial charge in [-0.1, -0.05) is 52.5 Å². The van der Waals surface area contributed by atoms with E-state index in [2.05, 4.69) is 37.6 Å². The molecule has 5 rings (SSSR count). The Kier molecular flexibility index (Phi) is 8.08. The minimum absolute atomic E-state index is 0.0556. The second-order valence-corrected chi connectivity index (χ2v) is 10.7. The number of hydrogen-bond donors (Lipinski definition) is 4. The van der Waals surface area contributed by atoms with Crippen LogP contribution in [0.3, 0.4) is 0 Å². The summed E-state index contributed by atoms with van der Waals surface area (Å²) in [7, 11) is 0. The van der Waals surface area contributed by atoms with Gasteiger partial charge in [-0.2, -0.15) is 5.26 Å². The van der Waals surface area contributed by atoms with E-state index in [1.165, 1.54) is 24.4 Å². The molecule has 0 radical (unpaired) electrons. The van der Waals surface area contributed by atoms with E-state index in [4.69, 9.17) is 46.4 Å². The molecule has 0 unspecified atom stereocenters. The zero-order valence-electron chi connectivity index (χ0n) is 21.0. The largest absolute Gasteiger partial charge is 0.373 e. The molecule has 0 saturated carbocycles. The number of halogens is 5. The van der Waals surface area contributed by atoms with Gasteiger partial charge in [0.05, 0.1) is 38.6 Å². The molecular formula is C27H21Cl4FN8. The van der Waals surface area contributed by atoms with E-state index in [9.17, 15) is 9.65 Å². The van der Waals surface area contributed by atoms with Gasteiger partial charge in [-0.05, 0) is 50.2 Å². The standard InChI is InChI=1S/C27H21Cl4FN8/c1-13(2)40-12-22(38-39-40)26(17-4-6-23(30)37-27(17)31)36-16-7-18-24(35-15-3-5-21(32)19(28)8-15)14(10-33)11-34-25(18)20(29)9-16/h3-9,11-13,26,36,38-39H,1-2H3,(H,34,35)/t26-/m0/s1. The van der Waals surface area contributed by atoms with Crippen LogP contribution in [0.25, 0.3) is 10.9 Å². The number of hydrazine groups is 2. The van der Waals surface area contributed by atoms with Crippen LogP contribution in [0.5, 0.6) is 0 Å². The second-order valence-electron chi connectivity index (χ2n) is 9.18. The van der Waals surface area contributed by atoms with Crippen molar-refractivity contribution in [3.63, 3.8) is 0 Å². The maximum Gasteiger partial charge on any atom is 0.141 e.